The highest BCUT2D eigenvalue weighted by Crippen LogP contribution is 2.36. The van der Waals surface area contributed by atoms with Gasteiger partial charge >= 0.3 is 18.1 Å². The number of nitrogens with zero attached hydrogens (tertiary/aromatic N) is 2. The van der Waals surface area contributed by atoms with Gasteiger partial charge in [-0.25, -0.2) is 13.2 Å². The molecular weight excluding hydrogens is 493 g/mol. The van der Waals surface area contributed by atoms with Gasteiger partial charge in [-0.3, -0.25) is 9.69 Å². The van der Waals surface area contributed by atoms with Gasteiger partial charge in [0.25, 0.3) is 0 Å². The number of likely N-dealkylation sites (tertiary alicyclic amines) is 1. The Kier molecular flexibility index (Phi) is 9.93. The van der Waals surface area contributed by atoms with Crippen molar-refractivity contribution in [2.24, 2.45) is 5.92 Å². The number of hydrogen-bond acceptors (Lipinski definition) is 7. The predicted molar refractivity (Wildman–Crippen MR) is 119 cm³/mol. The SMILES string of the molecule is COC(=O)CN1CC[C@@H]2Oc3ccccc3S(=O)(=O)N(CCC(C)C)[C@H]2CC1.O=C(O)C(F)(F)F. The zero-order chi connectivity index (χ0) is 26.4. The lowest BCUT2D eigenvalue weighted by Crippen LogP contribution is -2.47. The Hall–Kier alpha value is -2.38. The Morgan fingerprint density at radius 1 is 1.20 bits per heavy atom. The fourth-order valence-electron chi connectivity index (χ4n) is 3.89. The maximum Gasteiger partial charge on any atom is 0.490 e. The predicted octanol–water partition coefficient (Wildman–Crippen LogP) is 2.76. The van der Waals surface area contributed by atoms with Gasteiger partial charge in [0.15, 0.2) is 0 Å². The second-order valence-electron chi connectivity index (χ2n) is 8.70. The molecule has 1 saturated heterocycles. The van der Waals surface area contributed by atoms with Crippen molar-refractivity contribution in [3.63, 3.8) is 0 Å². The minimum atomic E-state index is -5.08. The first-order valence-electron chi connectivity index (χ1n) is 11.1. The highest BCUT2D eigenvalue weighted by molar-refractivity contribution is 7.89. The summed E-state index contributed by atoms with van der Waals surface area (Å²) in [6.45, 7) is 6.16. The number of carbonyl (C=O) groups excluding carboxylic acids is 1. The topological polar surface area (TPSA) is 113 Å². The van der Waals surface area contributed by atoms with Crippen LogP contribution in [-0.2, 0) is 24.3 Å². The van der Waals surface area contributed by atoms with Crippen LogP contribution in [0.15, 0.2) is 29.2 Å². The van der Waals surface area contributed by atoms with Crippen LogP contribution >= 0.6 is 0 Å². The Balaban J connectivity index is 0.000000540. The molecule has 0 saturated carbocycles. The van der Waals surface area contributed by atoms with Gasteiger partial charge in [-0.1, -0.05) is 26.0 Å². The van der Waals surface area contributed by atoms with Crippen molar-refractivity contribution in [1.82, 2.24) is 9.21 Å². The molecule has 0 amide bonds. The average molecular weight is 525 g/mol. The first-order chi connectivity index (χ1) is 16.3. The first-order valence-corrected chi connectivity index (χ1v) is 12.6. The van der Waals surface area contributed by atoms with E-state index in [-0.39, 0.29) is 29.6 Å². The molecule has 1 fully saturated rings. The fraction of sp³-hybridized carbons (Fsp3) is 0.636. The number of para-hydroxylation sites is 1. The molecule has 198 valence electrons. The monoisotopic (exact) mass is 524 g/mol. The van der Waals surface area contributed by atoms with Crippen LogP contribution in [0.2, 0.25) is 0 Å². The van der Waals surface area contributed by atoms with Gasteiger partial charge in [0.05, 0.1) is 19.7 Å². The Morgan fingerprint density at radius 3 is 2.37 bits per heavy atom. The number of halogens is 3. The van der Waals surface area contributed by atoms with Gasteiger partial charge in [-0.05, 0) is 37.3 Å². The smallest absolute Gasteiger partial charge is 0.487 e. The van der Waals surface area contributed by atoms with E-state index in [0.29, 0.717) is 44.1 Å². The van der Waals surface area contributed by atoms with Gasteiger partial charge < -0.3 is 14.6 Å². The maximum atomic E-state index is 13.5. The lowest BCUT2D eigenvalue weighted by molar-refractivity contribution is -0.192. The van der Waals surface area contributed by atoms with Crippen LogP contribution in [0.25, 0.3) is 0 Å². The number of carbonyl (C=O) groups is 2. The van der Waals surface area contributed by atoms with Gasteiger partial charge in [0.2, 0.25) is 10.0 Å². The van der Waals surface area contributed by atoms with Crippen molar-refractivity contribution >= 4 is 22.0 Å². The summed E-state index contributed by atoms with van der Waals surface area (Å²) in [5.41, 5.74) is 0. The average Bonchev–Trinajstić information content (AvgIpc) is 3.00. The van der Waals surface area contributed by atoms with E-state index in [9.17, 15) is 26.4 Å². The van der Waals surface area contributed by atoms with E-state index in [2.05, 4.69) is 13.8 Å². The van der Waals surface area contributed by atoms with Crippen LogP contribution in [0.3, 0.4) is 0 Å². The highest BCUT2D eigenvalue weighted by atomic mass is 32.2. The van der Waals surface area contributed by atoms with E-state index < -0.39 is 22.2 Å². The largest absolute Gasteiger partial charge is 0.490 e. The van der Waals surface area contributed by atoms with Crippen molar-refractivity contribution in [1.29, 1.82) is 0 Å². The van der Waals surface area contributed by atoms with Crippen molar-refractivity contribution in [2.45, 2.75) is 56.3 Å². The number of methoxy groups -OCH3 is 1. The molecule has 35 heavy (non-hydrogen) atoms. The molecule has 1 N–H and O–H groups in total. The van der Waals surface area contributed by atoms with Crippen LogP contribution in [0.1, 0.15) is 33.1 Å². The van der Waals surface area contributed by atoms with Gasteiger partial charge in [0, 0.05) is 19.6 Å². The van der Waals surface area contributed by atoms with Crippen molar-refractivity contribution < 1.29 is 45.8 Å². The molecule has 2 atom stereocenters. The molecule has 0 aromatic heterocycles. The van der Waals surface area contributed by atoms with Crippen LogP contribution in [0.4, 0.5) is 13.2 Å². The number of sulfonamides is 1. The molecule has 1 aromatic carbocycles. The molecule has 3 rings (SSSR count). The summed E-state index contributed by atoms with van der Waals surface area (Å²) in [5, 5.41) is 7.12. The van der Waals surface area contributed by atoms with E-state index in [0.717, 1.165) is 6.42 Å². The molecule has 2 heterocycles. The van der Waals surface area contributed by atoms with Gasteiger partial charge in [-0.2, -0.15) is 17.5 Å². The number of alkyl halides is 3. The summed E-state index contributed by atoms with van der Waals surface area (Å²) in [6.07, 6.45) is -3.26. The van der Waals surface area contributed by atoms with Crippen LogP contribution in [0.5, 0.6) is 5.75 Å². The Morgan fingerprint density at radius 2 is 1.80 bits per heavy atom. The standard InChI is InChI=1S/C20H30N2O5S.C2HF3O2/c1-15(2)8-13-22-16-9-11-21(14-20(23)26-3)12-10-17(16)27-18-6-4-5-7-19(18)28(22,24)25;3-2(4,5)1(6)7/h4-7,15-17H,8-14H2,1-3H3;(H,6,7)/t16-,17-;/m0./s1. The third kappa shape index (κ3) is 7.80. The third-order valence-corrected chi connectivity index (χ3v) is 7.70. The second kappa shape index (κ2) is 12.0. The molecule has 0 radical (unpaired) electrons. The first kappa shape index (κ1) is 28.9. The van der Waals surface area contributed by atoms with Crippen LogP contribution < -0.4 is 4.74 Å². The molecule has 0 aliphatic carbocycles. The van der Waals surface area contributed by atoms with Gasteiger partial charge in [0.1, 0.15) is 16.7 Å². The second-order valence-corrected chi connectivity index (χ2v) is 10.6. The number of hydrogen-bond donors (Lipinski definition) is 1. The minimum Gasteiger partial charge on any atom is -0.487 e. The Bertz CT molecular complexity index is 986. The number of carboxylic acid groups (broad SMARTS) is 1. The van der Waals surface area contributed by atoms with Crippen molar-refractivity contribution in [3.8, 4) is 5.75 Å². The van der Waals surface area contributed by atoms with E-state index in [1.54, 1.807) is 28.6 Å². The summed E-state index contributed by atoms with van der Waals surface area (Å²) in [6, 6.07) is 6.64. The van der Waals surface area contributed by atoms with Gasteiger partial charge in [-0.15, -0.1) is 0 Å². The van der Waals surface area contributed by atoms with E-state index in [1.165, 1.54) is 7.11 Å². The molecule has 1 aromatic rings. The zero-order valence-corrected chi connectivity index (χ0v) is 20.6. The summed E-state index contributed by atoms with van der Waals surface area (Å²) < 4.78 is 71.3. The molecular formula is C22H31F3N2O7S. The van der Waals surface area contributed by atoms with Crippen molar-refractivity contribution in [3.05, 3.63) is 24.3 Å². The molecule has 2 aliphatic rings. The summed E-state index contributed by atoms with van der Waals surface area (Å²) >= 11 is 0. The molecule has 0 unspecified atom stereocenters. The molecule has 2 aliphatic heterocycles. The van der Waals surface area contributed by atoms with Crippen molar-refractivity contribution in [2.75, 3.05) is 33.3 Å². The lowest BCUT2D eigenvalue weighted by atomic mass is 10.0. The summed E-state index contributed by atoms with van der Waals surface area (Å²) in [5.74, 6) is -2.22. The Labute approximate surface area is 202 Å². The number of ether oxygens (including phenoxy) is 2. The molecule has 13 heteroatoms. The molecule has 0 spiro atoms. The third-order valence-electron chi connectivity index (χ3n) is 5.73. The summed E-state index contributed by atoms with van der Waals surface area (Å²) in [4.78, 5) is 22.8. The fourth-order valence-corrected chi connectivity index (χ4v) is 5.70. The number of benzene rings is 1. The number of esters is 1. The van der Waals surface area contributed by atoms with Crippen LogP contribution in [0, 0.1) is 5.92 Å². The maximum absolute atomic E-state index is 13.5. The molecule has 9 nitrogen and oxygen atoms in total. The quantitative estimate of drug-likeness (QED) is 0.585. The minimum absolute atomic E-state index is 0.214. The number of carboxylic acids is 1. The van der Waals surface area contributed by atoms with E-state index >= 15 is 0 Å². The summed E-state index contributed by atoms with van der Waals surface area (Å²) in [7, 11) is -2.27. The lowest BCUT2D eigenvalue weighted by Gasteiger charge is -2.32. The highest BCUT2D eigenvalue weighted by Gasteiger charge is 2.43. The zero-order valence-electron chi connectivity index (χ0n) is 19.8. The normalized spacial score (nSPS) is 22.4. The van der Waals surface area contributed by atoms with E-state index in [1.807, 2.05) is 4.90 Å². The van der Waals surface area contributed by atoms with Crippen LogP contribution in [-0.4, -0.2) is 86.3 Å². The number of aliphatic carboxylic acids is 1. The number of fused-ring (bicyclic) bond motifs is 2. The van der Waals surface area contributed by atoms with E-state index in [4.69, 9.17) is 19.4 Å². The number of rotatable bonds is 5. The molecule has 0 bridgehead atoms.